The number of rotatable bonds is 7. The van der Waals surface area contributed by atoms with Crippen molar-refractivity contribution in [3.8, 4) is 0 Å². The van der Waals surface area contributed by atoms with Crippen molar-refractivity contribution < 1.29 is 22.7 Å². The summed E-state index contributed by atoms with van der Waals surface area (Å²) in [6.07, 6.45) is 0.580. The molecule has 9 nitrogen and oxygen atoms in total. The Morgan fingerprint density at radius 2 is 1.78 bits per heavy atom. The van der Waals surface area contributed by atoms with E-state index in [9.17, 15) is 18.0 Å². The first kappa shape index (κ1) is 25.5. The topological polar surface area (TPSA) is 118 Å². The highest BCUT2D eigenvalue weighted by molar-refractivity contribution is 7.90. The summed E-state index contributed by atoms with van der Waals surface area (Å²) >= 11 is 1.34. The van der Waals surface area contributed by atoms with Gasteiger partial charge in [-0.1, -0.05) is 31.2 Å². The Hall–Kier alpha value is -3.57. The van der Waals surface area contributed by atoms with Gasteiger partial charge >= 0.3 is 6.09 Å². The van der Waals surface area contributed by atoms with Gasteiger partial charge in [0.25, 0.3) is 5.91 Å². The third-order valence-electron chi connectivity index (χ3n) is 5.59. The Morgan fingerprint density at radius 1 is 1.11 bits per heavy atom. The highest BCUT2D eigenvalue weighted by Crippen LogP contribution is 2.23. The van der Waals surface area contributed by atoms with Gasteiger partial charge in [-0.25, -0.2) is 18.2 Å². The Bertz CT molecular complexity index is 1430. The van der Waals surface area contributed by atoms with E-state index in [1.165, 1.54) is 28.5 Å². The zero-order chi connectivity index (χ0) is 26.0. The normalized spacial score (nSPS) is 15.9. The third-order valence-corrected chi connectivity index (χ3v) is 7.79. The zero-order valence-corrected chi connectivity index (χ0v) is 21.9. The van der Waals surface area contributed by atoms with Crippen LogP contribution in [0.1, 0.15) is 44.8 Å². The predicted molar refractivity (Wildman–Crippen MR) is 138 cm³/mol. The van der Waals surface area contributed by atoms with Crippen LogP contribution in [0.25, 0.3) is 0 Å². The summed E-state index contributed by atoms with van der Waals surface area (Å²) in [5.41, 5.74) is 3.34. The molecule has 188 valence electrons. The standard InChI is InChI=1S/C25H26N4O5S2/c1-5-21-22(18-8-12-20(13-9-18)36(4,32)33)28-29(25(31)34-21)14-17-6-10-19(11-7-17)27-24(30)23-15(2)26-16(3)35-23/h6-13,21H,5,14H2,1-4H3,(H,27,30). The summed E-state index contributed by atoms with van der Waals surface area (Å²) in [5, 5.41) is 9.48. The zero-order valence-electron chi connectivity index (χ0n) is 20.3. The van der Waals surface area contributed by atoms with E-state index >= 15 is 0 Å². The number of sulfone groups is 1. The number of nitrogens with one attached hydrogen (secondary N) is 1. The van der Waals surface area contributed by atoms with Crippen LogP contribution in [-0.2, 0) is 21.1 Å². The minimum atomic E-state index is -3.32. The van der Waals surface area contributed by atoms with Gasteiger partial charge < -0.3 is 10.1 Å². The molecule has 1 unspecified atom stereocenters. The number of amides is 2. The number of carbonyl (C=O) groups is 2. The van der Waals surface area contributed by atoms with Gasteiger partial charge in [0.05, 0.1) is 22.1 Å². The average molecular weight is 527 g/mol. The molecule has 1 aliphatic rings. The number of benzene rings is 2. The molecule has 2 aromatic carbocycles. The largest absolute Gasteiger partial charge is 0.438 e. The van der Waals surface area contributed by atoms with Crippen molar-refractivity contribution in [2.24, 2.45) is 5.10 Å². The van der Waals surface area contributed by atoms with E-state index in [1.54, 1.807) is 43.3 Å². The number of anilines is 1. The molecule has 0 bridgehead atoms. The molecule has 36 heavy (non-hydrogen) atoms. The highest BCUT2D eigenvalue weighted by atomic mass is 32.2. The molecule has 4 rings (SSSR count). The lowest BCUT2D eigenvalue weighted by Gasteiger charge is -2.29. The van der Waals surface area contributed by atoms with Crippen molar-refractivity contribution in [3.63, 3.8) is 0 Å². The van der Waals surface area contributed by atoms with Crippen molar-refractivity contribution in [1.29, 1.82) is 0 Å². The maximum atomic E-state index is 12.6. The van der Waals surface area contributed by atoms with Crippen LogP contribution in [0.2, 0.25) is 0 Å². The second-order valence-corrected chi connectivity index (χ2v) is 11.6. The number of ether oxygens (including phenoxy) is 1. The van der Waals surface area contributed by atoms with Gasteiger partial charge in [-0.05, 0) is 50.1 Å². The summed E-state index contributed by atoms with van der Waals surface area (Å²) < 4.78 is 29.2. The molecule has 3 aromatic rings. The lowest BCUT2D eigenvalue weighted by Crippen LogP contribution is -2.41. The number of aromatic nitrogens is 1. The smallest absolute Gasteiger partial charge is 0.431 e. The average Bonchev–Trinajstić information content (AvgIpc) is 3.18. The summed E-state index contributed by atoms with van der Waals surface area (Å²) in [5.74, 6) is -0.216. The van der Waals surface area contributed by atoms with Crippen LogP contribution >= 0.6 is 11.3 Å². The van der Waals surface area contributed by atoms with Crippen molar-refractivity contribution >= 4 is 44.6 Å². The van der Waals surface area contributed by atoms with Gasteiger partial charge in [0.2, 0.25) is 0 Å². The number of aryl methyl sites for hydroxylation is 2. The molecular weight excluding hydrogens is 500 g/mol. The SMILES string of the molecule is CCC1OC(=O)N(Cc2ccc(NC(=O)c3sc(C)nc3C)cc2)N=C1c1ccc(S(C)(=O)=O)cc1. The number of hydrogen-bond acceptors (Lipinski definition) is 8. The first-order chi connectivity index (χ1) is 17.0. The lowest BCUT2D eigenvalue weighted by atomic mass is 10.0. The number of carbonyl (C=O) groups excluding carboxylic acids is 2. The molecule has 0 spiro atoms. The predicted octanol–water partition coefficient (Wildman–Crippen LogP) is 4.55. The van der Waals surface area contributed by atoms with E-state index in [0.29, 0.717) is 34.0 Å². The Labute approximate surface area is 213 Å². The lowest BCUT2D eigenvalue weighted by molar-refractivity contribution is 0.0712. The fraction of sp³-hybridized carbons (Fsp3) is 0.280. The molecule has 0 saturated heterocycles. The van der Waals surface area contributed by atoms with Crippen LogP contribution < -0.4 is 5.32 Å². The molecule has 1 N–H and O–H groups in total. The van der Waals surface area contributed by atoms with Crippen molar-refractivity contribution in [2.45, 2.75) is 44.7 Å². The molecule has 0 aliphatic carbocycles. The van der Waals surface area contributed by atoms with Gasteiger partial charge in [-0.2, -0.15) is 10.1 Å². The van der Waals surface area contributed by atoms with Crippen LogP contribution in [0.15, 0.2) is 58.5 Å². The Balaban J connectivity index is 1.50. The fourth-order valence-corrected chi connectivity index (χ4v) is 5.21. The van der Waals surface area contributed by atoms with Crippen molar-refractivity contribution in [2.75, 3.05) is 11.6 Å². The monoisotopic (exact) mass is 526 g/mol. The van der Waals surface area contributed by atoms with Crippen molar-refractivity contribution in [1.82, 2.24) is 9.99 Å². The fourth-order valence-electron chi connectivity index (χ4n) is 3.76. The second kappa shape index (κ2) is 10.2. The minimum Gasteiger partial charge on any atom is -0.438 e. The molecular formula is C25H26N4O5S2. The van der Waals surface area contributed by atoms with Crippen LogP contribution in [0.5, 0.6) is 0 Å². The summed E-state index contributed by atoms with van der Waals surface area (Å²) in [6, 6.07) is 13.5. The van der Waals surface area contributed by atoms with Gasteiger partial charge in [0.1, 0.15) is 16.7 Å². The highest BCUT2D eigenvalue weighted by Gasteiger charge is 2.30. The number of hydrazone groups is 1. The first-order valence-electron chi connectivity index (χ1n) is 11.3. The number of thiazole rings is 1. The quantitative estimate of drug-likeness (QED) is 0.483. The van der Waals surface area contributed by atoms with Crippen LogP contribution in [0.4, 0.5) is 10.5 Å². The summed E-state index contributed by atoms with van der Waals surface area (Å²) in [7, 11) is -3.32. The van der Waals surface area contributed by atoms with Gasteiger partial charge in [0, 0.05) is 17.5 Å². The van der Waals surface area contributed by atoms with Gasteiger partial charge in [-0.3, -0.25) is 4.79 Å². The third kappa shape index (κ3) is 5.63. The summed E-state index contributed by atoms with van der Waals surface area (Å²) in [4.78, 5) is 30.2. The van der Waals surface area contributed by atoms with Crippen LogP contribution in [0.3, 0.4) is 0 Å². The van der Waals surface area contributed by atoms with E-state index in [0.717, 1.165) is 16.8 Å². The Morgan fingerprint density at radius 3 is 2.33 bits per heavy atom. The first-order valence-corrected chi connectivity index (χ1v) is 14.0. The molecule has 0 saturated carbocycles. The van der Waals surface area contributed by atoms with E-state index in [-0.39, 0.29) is 17.3 Å². The molecule has 1 aromatic heterocycles. The molecule has 11 heteroatoms. The van der Waals surface area contributed by atoms with E-state index < -0.39 is 22.0 Å². The maximum Gasteiger partial charge on any atom is 0.431 e. The van der Waals surface area contributed by atoms with Gasteiger partial charge in [-0.15, -0.1) is 11.3 Å². The summed E-state index contributed by atoms with van der Waals surface area (Å²) in [6.45, 7) is 5.71. The number of hydrogen-bond donors (Lipinski definition) is 1. The van der Waals surface area contributed by atoms with Crippen LogP contribution in [-0.4, -0.2) is 48.5 Å². The second-order valence-electron chi connectivity index (χ2n) is 8.42. The van der Waals surface area contributed by atoms with Crippen LogP contribution in [0, 0.1) is 13.8 Å². The van der Waals surface area contributed by atoms with E-state index in [1.807, 2.05) is 13.8 Å². The Kier molecular flexibility index (Phi) is 7.23. The molecule has 2 amide bonds. The number of cyclic esters (lactones) is 1. The molecule has 0 radical (unpaired) electrons. The molecule has 0 fully saturated rings. The van der Waals surface area contributed by atoms with Gasteiger partial charge in [0.15, 0.2) is 9.84 Å². The number of nitrogens with zero attached hydrogens (tertiary/aromatic N) is 3. The molecule has 1 aliphatic heterocycles. The molecule has 1 atom stereocenters. The molecule has 2 heterocycles. The van der Waals surface area contributed by atoms with Crippen molar-refractivity contribution in [3.05, 3.63) is 75.2 Å². The maximum absolute atomic E-state index is 12.6. The van der Waals surface area contributed by atoms with E-state index in [2.05, 4.69) is 15.4 Å². The van der Waals surface area contributed by atoms with E-state index in [4.69, 9.17) is 4.74 Å². The minimum absolute atomic E-state index is 0.168.